The summed E-state index contributed by atoms with van der Waals surface area (Å²) in [4.78, 5) is 10.2. The Hall–Kier alpha value is -0.220. The van der Waals surface area contributed by atoms with Gasteiger partial charge in [0.25, 0.3) is 0 Å². The number of Topliss-reactive ketones (excluding diaryl/α,β-unsaturated/α-hetero) is 1. The van der Waals surface area contributed by atoms with Crippen LogP contribution in [0.3, 0.4) is 0 Å². The summed E-state index contributed by atoms with van der Waals surface area (Å²) in [7, 11) is -1.27. The lowest BCUT2D eigenvalue weighted by molar-refractivity contribution is -0.123. The van der Waals surface area contributed by atoms with Gasteiger partial charge in [-0.25, -0.2) is 4.21 Å². The summed E-state index contributed by atoms with van der Waals surface area (Å²) in [6.07, 6.45) is 0.840. The summed E-state index contributed by atoms with van der Waals surface area (Å²) in [5.41, 5.74) is 0. The molecule has 0 aromatic heterocycles. The lowest BCUT2D eigenvalue weighted by Gasteiger charge is -2.19. The van der Waals surface area contributed by atoms with E-state index >= 15 is 0 Å². The molecular weight excluding hydrogens is 126 g/mol. The van der Waals surface area contributed by atoms with E-state index in [4.69, 9.17) is 5.14 Å². The van der Waals surface area contributed by atoms with Crippen LogP contribution in [0.25, 0.3) is 0 Å². The highest BCUT2D eigenvalue weighted by atomic mass is 32.2. The zero-order valence-electron chi connectivity index (χ0n) is 4.29. The summed E-state index contributed by atoms with van der Waals surface area (Å²) in [5.74, 6) is 0.175. The summed E-state index contributed by atoms with van der Waals surface area (Å²) < 4.78 is 10.3. The van der Waals surface area contributed by atoms with E-state index in [1.807, 2.05) is 0 Å². The van der Waals surface area contributed by atoms with Crippen LogP contribution in [0.5, 0.6) is 0 Å². The molecule has 1 aliphatic rings. The van der Waals surface area contributed by atoms with Crippen LogP contribution in [0, 0.1) is 0 Å². The lowest BCUT2D eigenvalue weighted by Crippen LogP contribution is -2.35. The fourth-order valence-electron chi connectivity index (χ4n) is 0.612. The molecule has 1 fully saturated rings. The van der Waals surface area contributed by atoms with Gasteiger partial charge >= 0.3 is 0 Å². The van der Waals surface area contributed by atoms with E-state index in [9.17, 15) is 9.00 Å². The second kappa shape index (κ2) is 1.95. The van der Waals surface area contributed by atoms with Crippen LogP contribution >= 0.6 is 0 Å². The largest absolute Gasteiger partial charge is 0.300 e. The molecule has 2 N–H and O–H groups in total. The van der Waals surface area contributed by atoms with Crippen LogP contribution < -0.4 is 5.14 Å². The molecule has 4 heteroatoms. The fourth-order valence-corrected chi connectivity index (χ4v) is 1.31. The van der Waals surface area contributed by atoms with E-state index in [-0.39, 0.29) is 11.0 Å². The maximum Gasteiger partial charge on any atom is 0.135 e. The minimum absolute atomic E-state index is 0.0394. The van der Waals surface area contributed by atoms with Gasteiger partial charge in [0.05, 0.1) is 16.2 Å². The molecule has 1 unspecified atom stereocenters. The quantitative estimate of drug-likeness (QED) is 0.516. The number of hydrogen-bond donors (Lipinski definition) is 1. The molecule has 0 radical (unpaired) electrons. The van der Waals surface area contributed by atoms with Crippen LogP contribution in [0.2, 0.25) is 0 Å². The minimum atomic E-state index is -1.27. The molecule has 0 aromatic rings. The molecule has 8 heavy (non-hydrogen) atoms. The molecule has 1 atom stereocenters. The highest BCUT2D eigenvalue weighted by molar-refractivity contribution is 7.83. The number of hydrogen-bond acceptors (Lipinski definition) is 2. The maximum absolute atomic E-state index is 10.3. The van der Waals surface area contributed by atoms with Gasteiger partial charge in [-0.3, -0.25) is 9.93 Å². The van der Waals surface area contributed by atoms with E-state index in [0.29, 0.717) is 12.8 Å². The standard InChI is InChI=1S/C4H7NO2S/c5-8(7)4-1-3(6)2-4/h4H,1-2,5H2. The first-order valence-corrected chi connectivity index (χ1v) is 3.64. The van der Waals surface area contributed by atoms with Gasteiger partial charge in [0.2, 0.25) is 0 Å². The molecule has 1 saturated carbocycles. The topological polar surface area (TPSA) is 60.2 Å². The normalized spacial score (nSPS) is 24.9. The molecule has 1 rings (SSSR count). The fraction of sp³-hybridized carbons (Fsp3) is 0.750. The summed E-state index contributed by atoms with van der Waals surface area (Å²) in [6, 6.07) is 0. The molecule has 0 heterocycles. The first-order chi connectivity index (χ1) is 3.70. The van der Waals surface area contributed by atoms with E-state index < -0.39 is 11.0 Å². The third kappa shape index (κ3) is 0.952. The van der Waals surface area contributed by atoms with Crippen LogP contribution in [0.1, 0.15) is 12.8 Å². The van der Waals surface area contributed by atoms with Crippen molar-refractivity contribution in [3.05, 3.63) is 0 Å². The zero-order chi connectivity index (χ0) is 6.15. The summed E-state index contributed by atoms with van der Waals surface area (Å²) >= 11 is 0. The Labute approximate surface area is 49.8 Å². The smallest absolute Gasteiger partial charge is 0.135 e. The molecule has 0 aliphatic heterocycles. The van der Waals surface area contributed by atoms with Gasteiger partial charge in [0.15, 0.2) is 0 Å². The molecule has 0 aromatic carbocycles. The van der Waals surface area contributed by atoms with Crippen molar-refractivity contribution >= 4 is 16.8 Å². The minimum Gasteiger partial charge on any atom is -0.300 e. The Morgan fingerprint density at radius 1 is 1.62 bits per heavy atom. The number of rotatable bonds is 1. The van der Waals surface area contributed by atoms with Crippen molar-refractivity contribution in [1.82, 2.24) is 0 Å². The van der Waals surface area contributed by atoms with Gasteiger partial charge in [-0.15, -0.1) is 0 Å². The van der Waals surface area contributed by atoms with E-state index in [0.717, 1.165) is 0 Å². The molecule has 0 bridgehead atoms. The van der Waals surface area contributed by atoms with Gasteiger partial charge in [-0.05, 0) is 0 Å². The van der Waals surface area contributed by atoms with E-state index in [2.05, 4.69) is 0 Å². The van der Waals surface area contributed by atoms with E-state index in [1.54, 1.807) is 0 Å². The number of nitrogens with two attached hydrogens (primary N) is 1. The first kappa shape index (κ1) is 5.91. The number of carbonyl (C=O) groups excluding carboxylic acids is 1. The van der Waals surface area contributed by atoms with E-state index in [1.165, 1.54) is 0 Å². The molecular formula is C4H7NO2S. The predicted octanol–water partition coefficient (Wildman–Crippen LogP) is -0.660. The Balaban J connectivity index is 2.35. The van der Waals surface area contributed by atoms with Gasteiger partial charge in [0, 0.05) is 12.8 Å². The predicted molar refractivity (Wildman–Crippen MR) is 30.4 cm³/mol. The Bertz CT molecular complexity index is 137. The Kier molecular flexibility index (Phi) is 1.44. The summed E-state index contributed by atoms with van der Waals surface area (Å²) in [5, 5.41) is 4.94. The van der Waals surface area contributed by atoms with Crippen molar-refractivity contribution in [2.24, 2.45) is 5.14 Å². The third-order valence-electron chi connectivity index (χ3n) is 1.24. The first-order valence-electron chi connectivity index (χ1n) is 2.37. The molecule has 46 valence electrons. The van der Waals surface area contributed by atoms with Gasteiger partial charge in [-0.2, -0.15) is 0 Å². The molecule has 0 spiro atoms. The Morgan fingerprint density at radius 3 is 2.25 bits per heavy atom. The maximum atomic E-state index is 10.3. The third-order valence-corrected chi connectivity index (χ3v) is 2.23. The van der Waals surface area contributed by atoms with Crippen LogP contribution in [0.4, 0.5) is 0 Å². The van der Waals surface area contributed by atoms with Crippen molar-refractivity contribution < 1.29 is 9.00 Å². The highest BCUT2D eigenvalue weighted by Crippen LogP contribution is 2.17. The number of ketones is 1. The highest BCUT2D eigenvalue weighted by Gasteiger charge is 2.29. The van der Waals surface area contributed by atoms with Crippen molar-refractivity contribution in [3.8, 4) is 0 Å². The van der Waals surface area contributed by atoms with Crippen LogP contribution in [-0.2, 0) is 15.8 Å². The summed E-state index contributed by atoms with van der Waals surface area (Å²) in [6.45, 7) is 0. The van der Waals surface area contributed by atoms with Crippen molar-refractivity contribution in [2.45, 2.75) is 18.1 Å². The molecule has 0 amide bonds. The van der Waals surface area contributed by atoms with Crippen molar-refractivity contribution in [3.63, 3.8) is 0 Å². The second-order valence-corrected chi connectivity index (χ2v) is 3.22. The van der Waals surface area contributed by atoms with Crippen LogP contribution in [-0.4, -0.2) is 15.2 Å². The molecule has 3 nitrogen and oxygen atoms in total. The van der Waals surface area contributed by atoms with Gasteiger partial charge in [-0.1, -0.05) is 0 Å². The monoisotopic (exact) mass is 133 g/mol. The van der Waals surface area contributed by atoms with Crippen LogP contribution in [0.15, 0.2) is 0 Å². The zero-order valence-corrected chi connectivity index (χ0v) is 5.11. The van der Waals surface area contributed by atoms with Gasteiger partial charge < -0.3 is 0 Å². The SMILES string of the molecule is NS(=O)C1CC(=O)C1. The molecule has 0 saturated heterocycles. The van der Waals surface area contributed by atoms with Crippen molar-refractivity contribution in [1.29, 1.82) is 0 Å². The lowest BCUT2D eigenvalue weighted by atomic mass is 9.98. The average Bonchev–Trinajstić information content (AvgIpc) is 1.57. The second-order valence-electron chi connectivity index (χ2n) is 1.90. The average molecular weight is 133 g/mol. The molecule has 1 aliphatic carbocycles. The van der Waals surface area contributed by atoms with Crippen molar-refractivity contribution in [2.75, 3.05) is 0 Å². The Morgan fingerprint density at radius 2 is 2.12 bits per heavy atom. The van der Waals surface area contributed by atoms with Gasteiger partial charge in [0.1, 0.15) is 5.78 Å². The number of carbonyl (C=O) groups is 1.